The lowest BCUT2D eigenvalue weighted by molar-refractivity contribution is -0.140. The topological polar surface area (TPSA) is 86.8 Å². The van der Waals surface area contributed by atoms with Crippen molar-refractivity contribution in [1.82, 2.24) is 10.2 Å². The smallest absolute Gasteiger partial charge is 0.244 e. The van der Waals surface area contributed by atoms with E-state index in [0.29, 0.717) is 34.3 Å². The van der Waals surface area contributed by atoms with Crippen LogP contribution in [0.2, 0.25) is 10.0 Å². The predicted molar refractivity (Wildman–Crippen MR) is 158 cm³/mol. The van der Waals surface area contributed by atoms with Crippen LogP contribution in [0.4, 0.5) is 5.69 Å². The SMILES string of the molecule is CCCNC(=O)[C@H](Cc1ccccc1)N(Cc1c(Cl)cccc1Cl)C(=O)CN(c1cccc(C)c1)S(C)(=O)=O. The van der Waals surface area contributed by atoms with E-state index in [9.17, 15) is 18.0 Å². The van der Waals surface area contributed by atoms with Crippen LogP contribution in [0.1, 0.15) is 30.0 Å². The molecule has 0 aliphatic carbocycles. The fourth-order valence-electron chi connectivity index (χ4n) is 4.17. The average molecular weight is 591 g/mol. The molecule has 0 unspecified atom stereocenters. The molecule has 0 aromatic heterocycles. The Morgan fingerprint density at radius 1 is 0.949 bits per heavy atom. The largest absolute Gasteiger partial charge is 0.354 e. The van der Waals surface area contributed by atoms with Crippen molar-refractivity contribution in [3.8, 4) is 0 Å². The number of nitrogens with one attached hydrogen (secondary N) is 1. The number of carbonyl (C=O) groups is 2. The fraction of sp³-hybridized carbons (Fsp3) is 0.310. The monoisotopic (exact) mass is 589 g/mol. The van der Waals surface area contributed by atoms with E-state index >= 15 is 0 Å². The molecular weight excluding hydrogens is 557 g/mol. The molecule has 2 amide bonds. The van der Waals surface area contributed by atoms with Gasteiger partial charge in [0.2, 0.25) is 21.8 Å². The minimum Gasteiger partial charge on any atom is -0.354 e. The van der Waals surface area contributed by atoms with Crippen LogP contribution in [0, 0.1) is 6.92 Å². The molecule has 3 aromatic rings. The summed E-state index contributed by atoms with van der Waals surface area (Å²) < 4.78 is 26.7. The number of rotatable bonds is 12. The molecule has 3 rings (SSSR count). The minimum atomic E-state index is -3.84. The summed E-state index contributed by atoms with van der Waals surface area (Å²) in [7, 11) is -3.84. The Labute approximate surface area is 240 Å². The van der Waals surface area contributed by atoms with Gasteiger partial charge in [0.05, 0.1) is 11.9 Å². The number of benzene rings is 3. The van der Waals surface area contributed by atoms with Gasteiger partial charge < -0.3 is 10.2 Å². The Balaban J connectivity index is 2.09. The summed E-state index contributed by atoms with van der Waals surface area (Å²) in [5.74, 6) is -0.913. The Hall–Kier alpha value is -3.07. The Bertz CT molecular complexity index is 1380. The van der Waals surface area contributed by atoms with Crippen LogP contribution in [0.5, 0.6) is 0 Å². The third-order valence-corrected chi connectivity index (χ3v) is 8.03. The van der Waals surface area contributed by atoms with Gasteiger partial charge in [-0.05, 0) is 48.7 Å². The van der Waals surface area contributed by atoms with Crippen LogP contribution >= 0.6 is 23.2 Å². The third-order valence-electron chi connectivity index (χ3n) is 6.18. The van der Waals surface area contributed by atoms with Crippen molar-refractivity contribution in [2.24, 2.45) is 0 Å². The van der Waals surface area contributed by atoms with Gasteiger partial charge in [-0.3, -0.25) is 13.9 Å². The van der Waals surface area contributed by atoms with E-state index in [1.807, 2.05) is 50.2 Å². The maximum atomic E-state index is 14.0. The molecule has 1 atom stereocenters. The first-order chi connectivity index (χ1) is 18.5. The molecule has 0 bridgehead atoms. The molecule has 0 aliphatic heterocycles. The zero-order valence-electron chi connectivity index (χ0n) is 22.2. The van der Waals surface area contributed by atoms with Gasteiger partial charge in [0, 0.05) is 35.1 Å². The number of hydrogen-bond donors (Lipinski definition) is 1. The minimum absolute atomic E-state index is 0.0835. The highest BCUT2D eigenvalue weighted by molar-refractivity contribution is 7.92. The van der Waals surface area contributed by atoms with Crippen molar-refractivity contribution in [3.05, 3.63) is 99.5 Å². The first kappa shape index (κ1) is 30.5. The summed E-state index contributed by atoms with van der Waals surface area (Å²) in [6.07, 6.45) is 1.98. The lowest BCUT2D eigenvalue weighted by Gasteiger charge is -2.34. The number of carbonyl (C=O) groups excluding carboxylic acids is 2. The van der Waals surface area contributed by atoms with Crippen LogP contribution in [0.3, 0.4) is 0 Å². The van der Waals surface area contributed by atoms with E-state index in [4.69, 9.17) is 23.2 Å². The number of nitrogens with zero attached hydrogens (tertiary/aromatic N) is 2. The average Bonchev–Trinajstić information content (AvgIpc) is 2.89. The lowest BCUT2D eigenvalue weighted by atomic mass is 10.0. The molecule has 0 fully saturated rings. The second-order valence-corrected chi connectivity index (χ2v) is 12.0. The summed E-state index contributed by atoms with van der Waals surface area (Å²) in [5, 5.41) is 3.57. The molecule has 0 heterocycles. The highest BCUT2D eigenvalue weighted by Gasteiger charge is 2.33. The van der Waals surface area contributed by atoms with Crippen LogP contribution in [0.15, 0.2) is 72.8 Å². The number of anilines is 1. The summed E-state index contributed by atoms with van der Waals surface area (Å²) in [6.45, 7) is 3.62. The molecule has 7 nitrogen and oxygen atoms in total. The van der Waals surface area contributed by atoms with Gasteiger partial charge in [0.1, 0.15) is 12.6 Å². The van der Waals surface area contributed by atoms with Crippen molar-refractivity contribution >= 4 is 50.7 Å². The van der Waals surface area contributed by atoms with Crippen LogP contribution in [-0.4, -0.2) is 50.5 Å². The summed E-state index contributed by atoms with van der Waals surface area (Å²) in [4.78, 5) is 28.9. The van der Waals surface area contributed by atoms with E-state index in [-0.39, 0.29) is 18.9 Å². The van der Waals surface area contributed by atoms with Crippen LogP contribution in [-0.2, 0) is 32.6 Å². The van der Waals surface area contributed by atoms with E-state index in [1.54, 1.807) is 36.4 Å². The maximum Gasteiger partial charge on any atom is 0.244 e. The molecule has 0 radical (unpaired) electrons. The Morgan fingerprint density at radius 3 is 2.18 bits per heavy atom. The van der Waals surface area contributed by atoms with Gasteiger partial charge in [-0.25, -0.2) is 8.42 Å². The summed E-state index contributed by atoms with van der Waals surface area (Å²) in [6, 6.07) is 20.3. The second kappa shape index (κ2) is 13.8. The molecular formula is C29H33Cl2N3O4S. The molecule has 0 aliphatic rings. The highest BCUT2D eigenvalue weighted by Crippen LogP contribution is 2.28. The first-order valence-electron chi connectivity index (χ1n) is 12.6. The lowest BCUT2D eigenvalue weighted by Crippen LogP contribution is -2.53. The molecule has 10 heteroatoms. The standard InChI is InChI=1S/C29H33Cl2N3O4S/c1-4-16-32-29(36)27(18-22-11-6-5-7-12-22)33(19-24-25(30)14-9-15-26(24)31)28(35)20-34(39(3,37)38)23-13-8-10-21(2)17-23/h5-15,17,27H,4,16,18-20H2,1-3H3,(H,32,36)/t27-/m0/s1. The van der Waals surface area contributed by atoms with Gasteiger partial charge in [0.25, 0.3) is 0 Å². The molecule has 3 aromatic carbocycles. The molecule has 39 heavy (non-hydrogen) atoms. The Kier molecular flexibility index (Phi) is 10.8. The highest BCUT2D eigenvalue weighted by atomic mass is 35.5. The fourth-order valence-corrected chi connectivity index (χ4v) is 5.53. The summed E-state index contributed by atoms with van der Waals surface area (Å²) >= 11 is 12.9. The molecule has 0 saturated carbocycles. The first-order valence-corrected chi connectivity index (χ1v) is 15.2. The van der Waals surface area contributed by atoms with Crippen LogP contribution in [0.25, 0.3) is 0 Å². The van der Waals surface area contributed by atoms with E-state index in [2.05, 4.69) is 5.32 Å². The van der Waals surface area contributed by atoms with Crippen molar-refractivity contribution in [2.75, 3.05) is 23.7 Å². The number of amides is 2. The molecule has 208 valence electrons. The zero-order valence-corrected chi connectivity index (χ0v) is 24.6. The third kappa shape index (κ3) is 8.46. The van der Waals surface area contributed by atoms with Crippen LogP contribution < -0.4 is 9.62 Å². The molecule has 0 spiro atoms. The van der Waals surface area contributed by atoms with Crippen molar-refractivity contribution in [3.63, 3.8) is 0 Å². The van der Waals surface area contributed by atoms with Gasteiger partial charge in [-0.15, -0.1) is 0 Å². The normalized spacial score (nSPS) is 12.0. The second-order valence-electron chi connectivity index (χ2n) is 9.33. The van der Waals surface area contributed by atoms with Gasteiger partial charge in [0.15, 0.2) is 0 Å². The van der Waals surface area contributed by atoms with Gasteiger partial charge >= 0.3 is 0 Å². The number of sulfonamides is 1. The van der Waals surface area contributed by atoms with Gasteiger partial charge in [-0.1, -0.05) is 78.7 Å². The number of hydrogen-bond acceptors (Lipinski definition) is 4. The number of halogens is 2. The van der Waals surface area contributed by atoms with E-state index in [0.717, 1.165) is 21.7 Å². The quantitative estimate of drug-likeness (QED) is 0.313. The van der Waals surface area contributed by atoms with Crippen molar-refractivity contribution in [1.29, 1.82) is 0 Å². The predicted octanol–water partition coefficient (Wildman–Crippen LogP) is 5.23. The van der Waals surface area contributed by atoms with E-state index < -0.39 is 28.5 Å². The zero-order chi connectivity index (χ0) is 28.6. The maximum absolute atomic E-state index is 14.0. The van der Waals surface area contributed by atoms with E-state index in [1.165, 1.54) is 4.90 Å². The molecule has 0 saturated heterocycles. The number of aryl methyl sites for hydroxylation is 1. The molecule has 1 N–H and O–H groups in total. The van der Waals surface area contributed by atoms with Crippen molar-refractivity contribution < 1.29 is 18.0 Å². The Morgan fingerprint density at radius 2 is 1.59 bits per heavy atom. The van der Waals surface area contributed by atoms with Gasteiger partial charge in [-0.2, -0.15) is 0 Å². The summed E-state index contributed by atoms with van der Waals surface area (Å²) in [5.41, 5.74) is 2.51. The van der Waals surface area contributed by atoms with Crippen molar-refractivity contribution in [2.45, 2.75) is 39.3 Å².